The summed E-state index contributed by atoms with van der Waals surface area (Å²) in [6.45, 7) is 3.92. The first-order valence-electron chi connectivity index (χ1n) is 5.18. The minimum absolute atomic E-state index is 0.437. The number of allylic oxidation sites excluding steroid dienone is 2. The van der Waals surface area contributed by atoms with Gasteiger partial charge in [0.1, 0.15) is 5.75 Å². The molecule has 0 amide bonds. The molecular formula is C13H16O. The molecule has 1 aromatic carbocycles. The molecule has 1 nitrogen and oxygen atoms in total. The molecule has 0 unspecified atom stereocenters. The molecule has 1 aromatic rings. The molecule has 0 spiro atoms. The lowest BCUT2D eigenvalue weighted by Crippen LogP contribution is -1.87. The highest BCUT2D eigenvalue weighted by Gasteiger charge is 2.10. The van der Waals surface area contributed by atoms with E-state index in [0.29, 0.717) is 5.75 Å². The van der Waals surface area contributed by atoms with E-state index < -0.39 is 0 Å². The van der Waals surface area contributed by atoms with Crippen molar-refractivity contribution in [3.63, 3.8) is 0 Å². The van der Waals surface area contributed by atoms with E-state index in [2.05, 4.69) is 18.2 Å². The van der Waals surface area contributed by atoms with Crippen LogP contribution in [0.25, 0.3) is 5.57 Å². The molecule has 0 atom stereocenters. The summed E-state index contributed by atoms with van der Waals surface area (Å²) < 4.78 is 0. The van der Waals surface area contributed by atoms with Crippen molar-refractivity contribution in [1.82, 2.24) is 0 Å². The van der Waals surface area contributed by atoms with Crippen LogP contribution in [0.2, 0.25) is 0 Å². The first-order valence-corrected chi connectivity index (χ1v) is 5.18. The SMILES string of the molecule is Cc1cc(C2=CCCC2)cc(C)c1O. The van der Waals surface area contributed by atoms with Gasteiger partial charge in [-0.2, -0.15) is 0 Å². The number of hydrogen-bond acceptors (Lipinski definition) is 1. The number of rotatable bonds is 1. The molecule has 0 aromatic heterocycles. The normalized spacial score (nSPS) is 15.7. The van der Waals surface area contributed by atoms with Crippen LogP contribution in [0.1, 0.15) is 36.0 Å². The molecule has 0 aliphatic heterocycles. The lowest BCUT2D eigenvalue weighted by molar-refractivity contribution is 0.467. The van der Waals surface area contributed by atoms with E-state index in [1.807, 2.05) is 13.8 Å². The second-order valence-corrected chi connectivity index (χ2v) is 4.08. The highest BCUT2D eigenvalue weighted by Crippen LogP contribution is 2.32. The van der Waals surface area contributed by atoms with Crippen LogP contribution in [0.15, 0.2) is 18.2 Å². The Balaban J connectivity index is 2.45. The van der Waals surface area contributed by atoms with Crippen molar-refractivity contribution < 1.29 is 5.11 Å². The number of phenolic OH excluding ortho intramolecular Hbond substituents is 1. The van der Waals surface area contributed by atoms with E-state index in [9.17, 15) is 5.11 Å². The van der Waals surface area contributed by atoms with Crippen LogP contribution in [-0.4, -0.2) is 5.11 Å². The maximum absolute atomic E-state index is 9.65. The zero-order chi connectivity index (χ0) is 10.1. The summed E-state index contributed by atoms with van der Waals surface area (Å²) >= 11 is 0. The van der Waals surface area contributed by atoms with Gasteiger partial charge < -0.3 is 5.11 Å². The molecule has 0 saturated carbocycles. The topological polar surface area (TPSA) is 20.2 Å². The van der Waals surface area contributed by atoms with Gasteiger partial charge in [-0.05, 0) is 67.5 Å². The Bertz CT molecular complexity index is 365. The van der Waals surface area contributed by atoms with Crippen LogP contribution in [0.4, 0.5) is 0 Å². The Morgan fingerprint density at radius 2 is 1.79 bits per heavy atom. The van der Waals surface area contributed by atoms with Crippen LogP contribution in [0.5, 0.6) is 5.75 Å². The van der Waals surface area contributed by atoms with E-state index in [1.54, 1.807) is 0 Å². The van der Waals surface area contributed by atoms with Gasteiger partial charge in [-0.1, -0.05) is 6.08 Å². The van der Waals surface area contributed by atoms with Crippen molar-refractivity contribution in [3.8, 4) is 5.75 Å². The third kappa shape index (κ3) is 1.54. The van der Waals surface area contributed by atoms with E-state index in [1.165, 1.54) is 30.4 Å². The summed E-state index contributed by atoms with van der Waals surface area (Å²) in [5.74, 6) is 0.437. The summed E-state index contributed by atoms with van der Waals surface area (Å²) in [4.78, 5) is 0. The van der Waals surface area contributed by atoms with Gasteiger partial charge in [0.25, 0.3) is 0 Å². The second kappa shape index (κ2) is 3.49. The highest BCUT2D eigenvalue weighted by molar-refractivity contribution is 5.69. The molecule has 14 heavy (non-hydrogen) atoms. The summed E-state index contributed by atoms with van der Waals surface area (Å²) in [5.41, 5.74) is 4.69. The van der Waals surface area contributed by atoms with Crippen LogP contribution < -0.4 is 0 Å². The van der Waals surface area contributed by atoms with Gasteiger partial charge in [-0.15, -0.1) is 0 Å². The number of hydrogen-bond donors (Lipinski definition) is 1. The third-order valence-electron chi connectivity index (χ3n) is 2.90. The predicted molar refractivity (Wildman–Crippen MR) is 59.4 cm³/mol. The number of phenols is 1. The Morgan fingerprint density at radius 3 is 2.29 bits per heavy atom. The number of aryl methyl sites for hydroxylation is 2. The Kier molecular flexibility index (Phi) is 2.32. The van der Waals surface area contributed by atoms with Gasteiger partial charge in [-0.3, -0.25) is 0 Å². The molecule has 1 aliphatic carbocycles. The summed E-state index contributed by atoms with van der Waals surface area (Å²) in [6.07, 6.45) is 5.97. The minimum Gasteiger partial charge on any atom is -0.507 e. The van der Waals surface area contributed by atoms with Crippen molar-refractivity contribution in [1.29, 1.82) is 0 Å². The fourth-order valence-electron chi connectivity index (χ4n) is 2.07. The zero-order valence-corrected chi connectivity index (χ0v) is 8.80. The van der Waals surface area contributed by atoms with Gasteiger partial charge in [0.2, 0.25) is 0 Å². The molecule has 1 N–H and O–H groups in total. The first-order chi connectivity index (χ1) is 6.68. The monoisotopic (exact) mass is 188 g/mol. The Labute approximate surface area is 85.1 Å². The lowest BCUT2D eigenvalue weighted by atomic mass is 9.99. The summed E-state index contributed by atoms with van der Waals surface area (Å²) in [7, 11) is 0. The molecule has 1 aliphatic rings. The maximum Gasteiger partial charge on any atom is 0.121 e. The molecular weight excluding hydrogens is 172 g/mol. The van der Waals surface area contributed by atoms with Gasteiger partial charge >= 0.3 is 0 Å². The predicted octanol–water partition coefficient (Wildman–Crippen LogP) is 3.58. The molecule has 0 saturated heterocycles. The standard InChI is InChI=1S/C13H16O/c1-9-7-12(8-10(2)13(9)14)11-5-3-4-6-11/h5,7-8,14H,3-4,6H2,1-2H3. The largest absolute Gasteiger partial charge is 0.507 e. The lowest BCUT2D eigenvalue weighted by Gasteiger charge is -2.08. The molecule has 1 heteroatoms. The van der Waals surface area contributed by atoms with Crippen molar-refractivity contribution in [3.05, 3.63) is 34.9 Å². The third-order valence-corrected chi connectivity index (χ3v) is 2.90. The quantitative estimate of drug-likeness (QED) is 0.714. The average Bonchev–Trinajstić information content (AvgIpc) is 2.66. The van der Waals surface area contributed by atoms with Gasteiger partial charge in [-0.25, -0.2) is 0 Å². The zero-order valence-electron chi connectivity index (χ0n) is 8.80. The van der Waals surface area contributed by atoms with Crippen molar-refractivity contribution in [2.75, 3.05) is 0 Å². The number of benzene rings is 1. The molecule has 2 rings (SSSR count). The van der Waals surface area contributed by atoms with E-state index >= 15 is 0 Å². The maximum atomic E-state index is 9.65. The summed E-state index contributed by atoms with van der Waals surface area (Å²) in [5, 5.41) is 9.65. The van der Waals surface area contributed by atoms with E-state index in [-0.39, 0.29) is 0 Å². The van der Waals surface area contributed by atoms with Crippen molar-refractivity contribution in [2.24, 2.45) is 0 Å². The Hall–Kier alpha value is -1.24. The Morgan fingerprint density at radius 1 is 1.14 bits per heavy atom. The molecule has 0 fully saturated rings. The second-order valence-electron chi connectivity index (χ2n) is 4.08. The van der Waals surface area contributed by atoms with Crippen LogP contribution >= 0.6 is 0 Å². The van der Waals surface area contributed by atoms with Crippen LogP contribution in [-0.2, 0) is 0 Å². The fraction of sp³-hybridized carbons (Fsp3) is 0.385. The van der Waals surface area contributed by atoms with Gasteiger partial charge in [0, 0.05) is 0 Å². The van der Waals surface area contributed by atoms with E-state index in [4.69, 9.17) is 0 Å². The molecule has 0 radical (unpaired) electrons. The van der Waals surface area contributed by atoms with Crippen molar-refractivity contribution >= 4 is 5.57 Å². The van der Waals surface area contributed by atoms with Crippen LogP contribution in [0, 0.1) is 13.8 Å². The van der Waals surface area contributed by atoms with E-state index in [0.717, 1.165) is 11.1 Å². The number of aromatic hydroxyl groups is 1. The minimum atomic E-state index is 0.437. The van der Waals surface area contributed by atoms with Crippen molar-refractivity contribution in [2.45, 2.75) is 33.1 Å². The first kappa shape index (κ1) is 9.32. The molecule has 74 valence electrons. The van der Waals surface area contributed by atoms with Crippen LogP contribution in [0.3, 0.4) is 0 Å². The highest BCUT2D eigenvalue weighted by atomic mass is 16.3. The molecule has 0 heterocycles. The fourth-order valence-corrected chi connectivity index (χ4v) is 2.07. The van der Waals surface area contributed by atoms with Gasteiger partial charge in [0.05, 0.1) is 0 Å². The molecule has 0 bridgehead atoms. The smallest absolute Gasteiger partial charge is 0.121 e. The van der Waals surface area contributed by atoms with Gasteiger partial charge in [0.15, 0.2) is 0 Å². The average molecular weight is 188 g/mol. The summed E-state index contributed by atoms with van der Waals surface area (Å²) in [6, 6.07) is 4.17.